The zero-order valence-electron chi connectivity index (χ0n) is 15.0. The van der Waals surface area contributed by atoms with Crippen LogP contribution in [0.3, 0.4) is 0 Å². The van der Waals surface area contributed by atoms with Crippen LogP contribution in [-0.4, -0.2) is 24.5 Å². The van der Waals surface area contributed by atoms with Gasteiger partial charge in [-0.1, -0.05) is 0 Å². The predicted octanol–water partition coefficient (Wildman–Crippen LogP) is 4.54. The fraction of sp³-hybridized carbons (Fsp3) is 0.333. The van der Waals surface area contributed by atoms with E-state index in [1.807, 2.05) is 0 Å². The lowest BCUT2D eigenvalue weighted by Crippen LogP contribution is -2.05. The summed E-state index contributed by atoms with van der Waals surface area (Å²) in [4.78, 5) is 15.5. The lowest BCUT2D eigenvalue weighted by molar-refractivity contribution is -0.140. The molecule has 0 atom stereocenters. The van der Waals surface area contributed by atoms with Gasteiger partial charge in [0, 0.05) is 37.0 Å². The van der Waals surface area contributed by atoms with E-state index in [4.69, 9.17) is 16.3 Å². The van der Waals surface area contributed by atoms with Crippen molar-refractivity contribution in [3.8, 4) is 17.4 Å². The summed E-state index contributed by atoms with van der Waals surface area (Å²) >= 11 is 5.90. The minimum absolute atomic E-state index is 0.0456. The molecule has 0 amide bonds. The molecule has 0 spiro atoms. The summed E-state index contributed by atoms with van der Waals surface area (Å²) in [6.45, 7) is -0.0456. The first-order valence-corrected chi connectivity index (χ1v) is 9.01. The molecule has 0 N–H and O–H groups in total. The molecular weight excluding hydrogens is 414 g/mol. The maximum absolute atomic E-state index is 14.5. The number of nitrogens with zero attached hydrogens (tertiary/aromatic N) is 5. The fourth-order valence-electron chi connectivity index (χ4n) is 2.78. The normalized spacial score (nSPS) is 14.3. The molecule has 4 rings (SSSR count). The Balaban J connectivity index is 1.52. The van der Waals surface area contributed by atoms with E-state index in [1.165, 1.54) is 13.2 Å². The highest BCUT2D eigenvalue weighted by Crippen LogP contribution is 2.40. The molecule has 3 aromatic rings. The van der Waals surface area contributed by atoms with Gasteiger partial charge in [0.05, 0.1) is 5.69 Å². The molecule has 0 aromatic carbocycles. The van der Waals surface area contributed by atoms with Gasteiger partial charge in [0.15, 0.2) is 17.3 Å². The topological polar surface area (TPSA) is 65.7 Å². The average Bonchev–Trinajstić information content (AvgIpc) is 3.41. The Hall–Kier alpha value is -2.75. The number of halogens is 5. The van der Waals surface area contributed by atoms with Crippen LogP contribution < -0.4 is 4.74 Å². The van der Waals surface area contributed by atoms with E-state index in [0.29, 0.717) is 11.5 Å². The maximum atomic E-state index is 14.5. The summed E-state index contributed by atoms with van der Waals surface area (Å²) in [5.41, 5.74) is -0.224. The van der Waals surface area contributed by atoms with Crippen molar-refractivity contribution in [2.75, 3.05) is 0 Å². The lowest BCUT2D eigenvalue weighted by Gasteiger charge is -2.08. The highest BCUT2D eigenvalue weighted by molar-refractivity contribution is 6.28. The fourth-order valence-corrected chi connectivity index (χ4v) is 2.96. The molecule has 0 radical (unpaired) electrons. The third-order valence-corrected chi connectivity index (χ3v) is 4.52. The Morgan fingerprint density at radius 3 is 2.59 bits per heavy atom. The van der Waals surface area contributed by atoms with Gasteiger partial charge in [-0.2, -0.15) is 18.2 Å². The first-order valence-electron chi connectivity index (χ1n) is 8.63. The summed E-state index contributed by atoms with van der Waals surface area (Å²) in [5, 5.41) is 0.0688. The Labute approximate surface area is 167 Å². The first-order chi connectivity index (χ1) is 13.7. The van der Waals surface area contributed by atoms with Gasteiger partial charge < -0.3 is 9.30 Å². The van der Waals surface area contributed by atoms with Crippen LogP contribution in [0.25, 0.3) is 11.5 Å². The second kappa shape index (κ2) is 7.25. The molecule has 0 aliphatic heterocycles. The van der Waals surface area contributed by atoms with Crippen molar-refractivity contribution < 1.29 is 22.3 Å². The molecule has 6 nitrogen and oxygen atoms in total. The second-order valence-electron chi connectivity index (χ2n) is 6.70. The van der Waals surface area contributed by atoms with E-state index < -0.39 is 17.7 Å². The van der Waals surface area contributed by atoms with Crippen molar-refractivity contribution in [1.29, 1.82) is 0 Å². The largest absolute Gasteiger partial charge is 0.473 e. The molecule has 152 valence electrons. The number of hydrogen-bond donors (Lipinski definition) is 0. The molecule has 1 saturated carbocycles. The number of aryl methyl sites for hydroxylation is 1. The molecule has 1 aliphatic carbocycles. The van der Waals surface area contributed by atoms with Crippen molar-refractivity contribution in [1.82, 2.24) is 24.5 Å². The first kappa shape index (κ1) is 19.6. The molecular formula is C18H14ClF4N5O. The number of alkyl halides is 3. The Bertz CT molecular complexity index is 1060. The third kappa shape index (κ3) is 4.31. The second-order valence-corrected chi connectivity index (χ2v) is 7.03. The number of aromatic nitrogens is 5. The summed E-state index contributed by atoms with van der Waals surface area (Å²) in [6, 6.07) is 2.82. The van der Waals surface area contributed by atoms with Crippen LogP contribution in [0.15, 0.2) is 24.5 Å². The smallest absolute Gasteiger partial charge is 0.434 e. The number of imidazole rings is 1. The van der Waals surface area contributed by atoms with Gasteiger partial charge in [-0.3, -0.25) is 0 Å². The van der Waals surface area contributed by atoms with Gasteiger partial charge in [-0.25, -0.2) is 19.3 Å². The van der Waals surface area contributed by atoms with E-state index in [9.17, 15) is 17.6 Å². The molecule has 0 unspecified atom stereocenters. The van der Waals surface area contributed by atoms with Crippen molar-refractivity contribution in [3.63, 3.8) is 0 Å². The van der Waals surface area contributed by atoms with Gasteiger partial charge in [-0.15, -0.1) is 0 Å². The van der Waals surface area contributed by atoms with E-state index in [2.05, 4.69) is 19.9 Å². The molecule has 29 heavy (non-hydrogen) atoms. The average molecular weight is 428 g/mol. The maximum Gasteiger partial charge on any atom is 0.434 e. The van der Waals surface area contributed by atoms with Crippen molar-refractivity contribution in [2.24, 2.45) is 7.05 Å². The van der Waals surface area contributed by atoms with Crippen LogP contribution in [0.5, 0.6) is 5.88 Å². The zero-order chi connectivity index (χ0) is 20.8. The molecule has 3 aromatic heterocycles. The predicted molar refractivity (Wildman–Crippen MR) is 94.7 cm³/mol. The lowest BCUT2D eigenvalue weighted by atomic mass is 10.2. The standard InChI is InChI=1S/C18H14ClF4N5O/c1-28-7-13(18(21,22)23)26-16(28)15-11(20)4-9(6-24-15)8-29-14-5-12(10-2-3-10)25-17(19)27-14/h4-7,10H,2-3,8H2,1H3. The monoisotopic (exact) mass is 427 g/mol. The molecule has 0 saturated heterocycles. The number of rotatable bonds is 5. The van der Waals surface area contributed by atoms with Gasteiger partial charge >= 0.3 is 6.18 Å². The van der Waals surface area contributed by atoms with Crippen LogP contribution in [0, 0.1) is 5.82 Å². The van der Waals surface area contributed by atoms with Gasteiger partial charge in [0.2, 0.25) is 11.2 Å². The van der Waals surface area contributed by atoms with Gasteiger partial charge in [0.25, 0.3) is 0 Å². The Kier molecular flexibility index (Phi) is 4.89. The summed E-state index contributed by atoms with van der Waals surface area (Å²) in [6.07, 6.45) is -0.466. The van der Waals surface area contributed by atoms with Crippen LogP contribution in [0.2, 0.25) is 5.28 Å². The van der Waals surface area contributed by atoms with E-state index >= 15 is 0 Å². The number of pyridine rings is 1. The van der Waals surface area contributed by atoms with Crippen molar-refractivity contribution in [3.05, 3.63) is 52.6 Å². The SMILES string of the molecule is Cn1cc(C(F)(F)F)nc1-c1ncc(COc2cc(C3CC3)nc(Cl)n2)cc1F. The molecule has 3 heterocycles. The van der Waals surface area contributed by atoms with Crippen LogP contribution in [0.4, 0.5) is 17.6 Å². The number of hydrogen-bond acceptors (Lipinski definition) is 5. The van der Waals surface area contributed by atoms with E-state index in [0.717, 1.165) is 35.4 Å². The molecule has 0 bridgehead atoms. The van der Waals surface area contributed by atoms with Crippen LogP contribution in [-0.2, 0) is 19.8 Å². The molecule has 1 aliphatic rings. The van der Waals surface area contributed by atoms with E-state index in [-0.39, 0.29) is 29.3 Å². The zero-order valence-corrected chi connectivity index (χ0v) is 15.8. The van der Waals surface area contributed by atoms with Crippen LogP contribution >= 0.6 is 11.6 Å². The van der Waals surface area contributed by atoms with Crippen molar-refractivity contribution >= 4 is 11.6 Å². The molecule has 1 fully saturated rings. The van der Waals surface area contributed by atoms with Gasteiger partial charge in [0.1, 0.15) is 12.3 Å². The summed E-state index contributed by atoms with van der Waals surface area (Å²) in [7, 11) is 1.34. The minimum atomic E-state index is -4.63. The van der Waals surface area contributed by atoms with Gasteiger partial charge in [-0.05, 0) is 30.5 Å². The van der Waals surface area contributed by atoms with E-state index in [1.54, 1.807) is 6.07 Å². The summed E-state index contributed by atoms with van der Waals surface area (Å²) < 4.78 is 59.5. The quantitative estimate of drug-likeness (QED) is 0.442. The van der Waals surface area contributed by atoms with Crippen LogP contribution in [0.1, 0.15) is 35.7 Å². The highest BCUT2D eigenvalue weighted by atomic mass is 35.5. The Morgan fingerprint density at radius 2 is 1.97 bits per heavy atom. The Morgan fingerprint density at radius 1 is 1.21 bits per heavy atom. The minimum Gasteiger partial charge on any atom is -0.473 e. The number of ether oxygens (including phenoxy) is 1. The third-order valence-electron chi connectivity index (χ3n) is 4.35. The summed E-state index contributed by atoms with van der Waals surface area (Å²) in [5.74, 6) is -0.419. The van der Waals surface area contributed by atoms with Crippen molar-refractivity contribution in [2.45, 2.75) is 31.5 Å². The molecule has 11 heteroatoms. The highest BCUT2D eigenvalue weighted by Gasteiger charge is 2.35.